The van der Waals surface area contributed by atoms with E-state index < -0.39 is 5.60 Å². The summed E-state index contributed by atoms with van der Waals surface area (Å²) in [7, 11) is 0. The van der Waals surface area contributed by atoms with Gasteiger partial charge < -0.3 is 9.64 Å². The maximum atomic E-state index is 12.2. The van der Waals surface area contributed by atoms with E-state index in [1.807, 2.05) is 33.8 Å². The molecule has 7 nitrogen and oxygen atoms in total. The second-order valence-electron chi connectivity index (χ2n) is 6.93. The average molecular weight is 362 g/mol. The van der Waals surface area contributed by atoms with Gasteiger partial charge in [-0.3, -0.25) is 4.79 Å². The van der Waals surface area contributed by atoms with E-state index in [0.29, 0.717) is 24.5 Å². The summed E-state index contributed by atoms with van der Waals surface area (Å²) in [5.41, 5.74) is 0.983. The topological polar surface area (TPSA) is 76.8 Å². The summed E-state index contributed by atoms with van der Waals surface area (Å²) in [6, 6.07) is 1.52. The van der Waals surface area contributed by atoms with Gasteiger partial charge in [0.2, 0.25) is 4.96 Å². The van der Waals surface area contributed by atoms with Gasteiger partial charge in [-0.15, -0.1) is 0 Å². The van der Waals surface area contributed by atoms with Crippen LogP contribution in [-0.2, 0) is 11.2 Å². The minimum absolute atomic E-state index is 0.267. The van der Waals surface area contributed by atoms with Gasteiger partial charge >= 0.3 is 6.09 Å². The van der Waals surface area contributed by atoms with Crippen molar-refractivity contribution < 1.29 is 9.53 Å². The van der Waals surface area contributed by atoms with Gasteiger partial charge in [0, 0.05) is 19.2 Å². The third kappa shape index (κ3) is 3.89. The van der Waals surface area contributed by atoms with Gasteiger partial charge in [-0.2, -0.15) is 10.1 Å². The van der Waals surface area contributed by atoms with Crippen molar-refractivity contribution in [3.8, 4) is 0 Å². The molecule has 2 aromatic heterocycles. The zero-order valence-corrected chi connectivity index (χ0v) is 15.7. The molecule has 0 spiro atoms. The lowest BCUT2D eigenvalue weighted by Crippen LogP contribution is -2.39. The Hall–Kier alpha value is -2.22. The molecule has 2 aromatic rings. The molecule has 0 atom stereocenters. The van der Waals surface area contributed by atoms with Crippen molar-refractivity contribution >= 4 is 28.0 Å². The van der Waals surface area contributed by atoms with E-state index in [1.165, 1.54) is 17.4 Å². The number of ether oxygens (including phenoxy) is 1. The molecule has 0 radical (unpaired) electrons. The molecule has 0 saturated carbocycles. The van der Waals surface area contributed by atoms with Crippen LogP contribution in [0.4, 0.5) is 4.79 Å². The molecule has 3 heterocycles. The highest BCUT2D eigenvalue weighted by atomic mass is 32.1. The van der Waals surface area contributed by atoms with Crippen molar-refractivity contribution in [1.82, 2.24) is 19.5 Å². The molecule has 1 amide bonds. The molecule has 0 aliphatic carbocycles. The summed E-state index contributed by atoms with van der Waals surface area (Å²) in [5.74, 6) is 0. The van der Waals surface area contributed by atoms with Crippen molar-refractivity contribution in [2.75, 3.05) is 13.1 Å². The first-order valence-corrected chi connectivity index (χ1v) is 9.15. The van der Waals surface area contributed by atoms with E-state index in [4.69, 9.17) is 4.74 Å². The molecular formula is C17H22N4O3S. The van der Waals surface area contributed by atoms with Crippen molar-refractivity contribution in [3.63, 3.8) is 0 Å². The SMILES string of the molecule is CCc1nn2c(C3=CCN(C(=O)OC(C)(C)C)CC3)cc(=O)nc2s1. The summed E-state index contributed by atoms with van der Waals surface area (Å²) in [5, 5.41) is 5.47. The third-order valence-electron chi connectivity index (χ3n) is 3.79. The Kier molecular flexibility index (Phi) is 4.64. The first-order chi connectivity index (χ1) is 11.8. The van der Waals surface area contributed by atoms with Crippen LogP contribution < -0.4 is 5.56 Å². The molecule has 25 heavy (non-hydrogen) atoms. The molecule has 0 fully saturated rings. The molecule has 1 aliphatic rings. The lowest BCUT2D eigenvalue weighted by Gasteiger charge is -2.29. The van der Waals surface area contributed by atoms with Gasteiger partial charge in [0.1, 0.15) is 10.6 Å². The Labute approximate surface area is 149 Å². The highest BCUT2D eigenvalue weighted by Gasteiger charge is 2.25. The summed E-state index contributed by atoms with van der Waals surface area (Å²) >= 11 is 1.43. The van der Waals surface area contributed by atoms with E-state index in [-0.39, 0.29) is 11.7 Å². The zero-order valence-electron chi connectivity index (χ0n) is 14.9. The molecule has 0 unspecified atom stereocenters. The molecule has 0 bridgehead atoms. The number of aryl methyl sites for hydroxylation is 1. The van der Waals surface area contributed by atoms with Crippen LogP contribution in [0.3, 0.4) is 0 Å². The number of aromatic nitrogens is 3. The quantitative estimate of drug-likeness (QED) is 0.821. The molecule has 0 N–H and O–H groups in total. The highest BCUT2D eigenvalue weighted by molar-refractivity contribution is 7.16. The fraction of sp³-hybridized carbons (Fsp3) is 0.529. The third-order valence-corrected chi connectivity index (χ3v) is 4.84. The molecule has 1 aliphatic heterocycles. The Morgan fingerprint density at radius 3 is 2.76 bits per heavy atom. The van der Waals surface area contributed by atoms with Crippen molar-refractivity contribution in [2.45, 2.75) is 46.1 Å². The zero-order chi connectivity index (χ0) is 18.2. The number of carbonyl (C=O) groups excluding carboxylic acids is 1. The summed E-state index contributed by atoms with van der Waals surface area (Å²) in [6.45, 7) is 8.57. The molecule has 0 saturated heterocycles. The molecule has 0 aromatic carbocycles. The summed E-state index contributed by atoms with van der Waals surface area (Å²) in [6.07, 6.45) is 3.08. The second kappa shape index (κ2) is 6.59. The maximum Gasteiger partial charge on any atom is 0.410 e. The van der Waals surface area contributed by atoms with Crippen molar-refractivity contribution in [2.24, 2.45) is 0 Å². The van der Waals surface area contributed by atoms with Gasteiger partial charge in [-0.05, 0) is 39.2 Å². The van der Waals surface area contributed by atoms with Gasteiger partial charge in [0.15, 0.2) is 0 Å². The van der Waals surface area contributed by atoms with Crippen LogP contribution in [0.1, 0.15) is 44.8 Å². The van der Waals surface area contributed by atoms with E-state index in [9.17, 15) is 9.59 Å². The van der Waals surface area contributed by atoms with Crippen LogP contribution in [0, 0.1) is 0 Å². The van der Waals surface area contributed by atoms with Crippen LogP contribution in [0.5, 0.6) is 0 Å². The van der Waals surface area contributed by atoms with E-state index in [1.54, 1.807) is 9.42 Å². The summed E-state index contributed by atoms with van der Waals surface area (Å²) in [4.78, 5) is 30.4. The monoisotopic (exact) mass is 362 g/mol. The lowest BCUT2D eigenvalue weighted by atomic mass is 10.0. The molecule has 3 rings (SSSR count). The van der Waals surface area contributed by atoms with Gasteiger partial charge in [-0.1, -0.05) is 24.3 Å². The van der Waals surface area contributed by atoms with Gasteiger partial charge in [0.25, 0.3) is 5.56 Å². The Morgan fingerprint density at radius 1 is 1.40 bits per heavy atom. The van der Waals surface area contributed by atoms with Crippen LogP contribution >= 0.6 is 11.3 Å². The van der Waals surface area contributed by atoms with Crippen LogP contribution in [-0.4, -0.2) is 44.3 Å². The number of amides is 1. The Morgan fingerprint density at radius 2 is 2.16 bits per heavy atom. The first-order valence-electron chi connectivity index (χ1n) is 8.34. The summed E-state index contributed by atoms with van der Waals surface area (Å²) < 4.78 is 7.14. The fourth-order valence-electron chi connectivity index (χ4n) is 2.62. The normalized spacial score (nSPS) is 15.4. The Balaban J connectivity index is 1.87. The first kappa shape index (κ1) is 17.6. The lowest BCUT2D eigenvalue weighted by molar-refractivity contribution is 0.0270. The molecule has 8 heteroatoms. The molecular weight excluding hydrogens is 340 g/mol. The highest BCUT2D eigenvalue weighted by Crippen LogP contribution is 2.24. The number of fused-ring (bicyclic) bond motifs is 1. The number of hydrogen-bond acceptors (Lipinski definition) is 6. The van der Waals surface area contributed by atoms with Crippen molar-refractivity contribution in [1.29, 1.82) is 0 Å². The van der Waals surface area contributed by atoms with Gasteiger partial charge in [0.05, 0.1) is 5.69 Å². The number of rotatable bonds is 2. The fourth-order valence-corrected chi connectivity index (χ4v) is 3.46. The van der Waals surface area contributed by atoms with E-state index in [0.717, 1.165) is 22.7 Å². The van der Waals surface area contributed by atoms with Crippen LogP contribution in [0.2, 0.25) is 0 Å². The number of carbonyl (C=O) groups is 1. The average Bonchev–Trinajstić information content (AvgIpc) is 2.95. The maximum absolute atomic E-state index is 12.2. The second-order valence-corrected chi connectivity index (χ2v) is 7.97. The minimum Gasteiger partial charge on any atom is -0.444 e. The van der Waals surface area contributed by atoms with E-state index >= 15 is 0 Å². The van der Waals surface area contributed by atoms with Crippen LogP contribution in [0.25, 0.3) is 10.5 Å². The largest absolute Gasteiger partial charge is 0.444 e. The van der Waals surface area contributed by atoms with Crippen molar-refractivity contribution in [3.05, 3.63) is 33.2 Å². The smallest absolute Gasteiger partial charge is 0.410 e. The minimum atomic E-state index is -0.511. The standard InChI is InChI=1S/C17H22N4O3S/c1-5-14-19-21-12(10-13(22)18-15(21)25-14)11-6-8-20(9-7-11)16(23)24-17(2,3)4/h6,10H,5,7-9H2,1-4H3. The van der Waals surface area contributed by atoms with Crippen LogP contribution in [0.15, 0.2) is 16.9 Å². The van der Waals surface area contributed by atoms with E-state index in [2.05, 4.69) is 10.1 Å². The Bertz CT molecular complexity index is 891. The number of nitrogens with zero attached hydrogens (tertiary/aromatic N) is 4. The predicted molar refractivity (Wildman–Crippen MR) is 96.9 cm³/mol. The molecule has 134 valence electrons. The number of hydrogen-bond donors (Lipinski definition) is 0. The van der Waals surface area contributed by atoms with Gasteiger partial charge in [-0.25, -0.2) is 9.31 Å². The predicted octanol–water partition coefficient (Wildman–Crippen LogP) is 2.74.